The van der Waals surface area contributed by atoms with Gasteiger partial charge < -0.3 is 14.0 Å². The van der Waals surface area contributed by atoms with Crippen LogP contribution in [-0.4, -0.2) is 59.1 Å². The van der Waals surface area contributed by atoms with Crippen molar-refractivity contribution in [1.82, 2.24) is 19.8 Å². The highest BCUT2D eigenvalue weighted by Crippen LogP contribution is 2.40. The fraction of sp³-hybridized carbons (Fsp3) is 0.577. The molecule has 0 spiro atoms. The van der Waals surface area contributed by atoms with Crippen LogP contribution in [0.25, 0.3) is 22.0 Å². The number of aryl methyl sites for hydroxylation is 3. The van der Waals surface area contributed by atoms with Gasteiger partial charge in [0, 0.05) is 42.8 Å². The highest BCUT2D eigenvalue weighted by Gasteiger charge is 2.39. The third-order valence-electron chi connectivity index (χ3n) is 6.37. The Morgan fingerprint density at radius 3 is 2.60 bits per heavy atom. The molecule has 1 unspecified atom stereocenters. The Balaban J connectivity index is 1.85. The third kappa shape index (κ3) is 5.25. The first-order valence-electron chi connectivity index (χ1n) is 12.2. The van der Waals surface area contributed by atoms with E-state index < -0.39 is 5.60 Å². The Labute approximate surface area is 208 Å². The van der Waals surface area contributed by atoms with Gasteiger partial charge in [0.25, 0.3) is 0 Å². The maximum absolute atomic E-state index is 13.2. The van der Waals surface area contributed by atoms with E-state index in [4.69, 9.17) is 21.8 Å². The van der Waals surface area contributed by atoms with Gasteiger partial charge in [-0.25, -0.2) is 4.79 Å². The number of hydrogen-bond acceptors (Lipinski definition) is 6. The van der Waals surface area contributed by atoms with Gasteiger partial charge in [-0.1, -0.05) is 5.16 Å². The molecule has 0 bridgehead atoms. The zero-order chi connectivity index (χ0) is 25.5. The number of amides is 1. The van der Waals surface area contributed by atoms with Crippen molar-refractivity contribution in [3.05, 3.63) is 29.2 Å². The average molecular weight is 478 g/mol. The number of carbonyl (C=O) groups is 1. The summed E-state index contributed by atoms with van der Waals surface area (Å²) in [4.78, 5) is 15.1. The maximum Gasteiger partial charge on any atom is 0.411 e. The minimum Gasteiger partial charge on any atom is -0.444 e. The van der Waals surface area contributed by atoms with E-state index >= 15 is 0 Å². The van der Waals surface area contributed by atoms with Crippen molar-refractivity contribution < 1.29 is 18.8 Å². The van der Waals surface area contributed by atoms with Crippen molar-refractivity contribution in [1.29, 1.82) is 0 Å². The van der Waals surface area contributed by atoms with Crippen molar-refractivity contribution in [2.45, 2.75) is 85.0 Å². The molecule has 3 aromatic rings. The lowest BCUT2D eigenvalue weighted by Gasteiger charge is -2.32. The van der Waals surface area contributed by atoms with Crippen molar-refractivity contribution in [2.75, 3.05) is 13.7 Å². The van der Waals surface area contributed by atoms with Gasteiger partial charge in [-0.3, -0.25) is 9.58 Å². The first-order valence-corrected chi connectivity index (χ1v) is 12.2. The van der Waals surface area contributed by atoms with Crippen LogP contribution in [-0.2, 0) is 16.0 Å². The van der Waals surface area contributed by atoms with Crippen molar-refractivity contribution in [3.63, 3.8) is 0 Å². The Kier molecular flexibility index (Phi) is 7.00. The summed E-state index contributed by atoms with van der Waals surface area (Å²) >= 11 is 0. The van der Waals surface area contributed by atoms with E-state index in [2.05, 4.69) is 29.3 Å². The normalized spacial score (nSPS) is 14.9. The summed E-state index contributed by atoms with van der Waals surface area (Å²) in [7, 11) is 8.14. The van der Waals surface area contributed by atoms with Gasteiger partial charge >= 0.3 is 6.09 Å². The SMILES string of the molecule is [B]c1nn(CCCOC)c2cc(C(C)N(C(=O)OC(C)(C)C)C3CC3)cc(-c3c(C)noc3C)c12. The molecule has 0 aliphatic heterocycles. The van der Waals surface area contributed by atoms with Gasteiger partial charge in [0.2, 0.25) is 0 Å². The summed E-state index contributed by atoms with van der Waals surface area (Å²) in [5, 5.41) is 9.68. The number of fused-ring (bicyclic) bond motifs is 1. The number of benzene rings is 1. The summed E-state index contributed by atoms with van der Waals surface area (Å²) in [6, 6.07) is 4.16. The summed E-state index contributed by atoms with van der Waals surface area (Å²) in [5.74, 6) is 0.714. The molecule has 1 fully saturated rings. The minimum atomic E-state index is -0.565. The van der Waals surface area contributed by atoms with E-state index in [-0.39, 0.29) is 18.2 Å². The van der Waals surface area contributed by atoms with E-state index in [0.29, 0.717) is 24.5 Å². The number of ether oxygens (including phenoxy) is 2. The Morgan fingerprint density at radius 2 is 2.03 bits per heavy atom. The highest BCUT2D eigenvalue weighted by atomic mass is 16.6. The predicted octanol–water partition coefficient (Wildman–Crippen LogP) is 4.60. The van der Waals surface area contributed by atoms with E-state index in [1.54, 1.807) is 7.11 Å². The fourth-order valence-electron chi connectivity index (χ4n) is 4.64. The van der Waals surface area contributed by atoms with Crippen LogP contribution < -0.4 is 5.59 Å². The summed E-state index contributed by atoms with van der Waals surface area (Å²) < 4.78 is 18.4. The second kappa shape index (κ2) is 9.68. The topological polar surface area (TPSA) is 82.6 Å². The largest absolute Gasteiger partial charge is 0.444 e. The third-order valence-corrected chi connectivity index (χ3v) is 6.37. The lowest BCUT2D eigenvalue weighted by atomic mass is 9.89. The van der Waals surface area contributed by atoms with Gasteiger partial charge in [-0.15, -0.1) is 0 Å². The number of nitrogens with zero attached hydrogens (tertiary/aromatic N) is 4. The molecule has 2 aromatic heterocycles. The molecular weight excluding hydrogens is 443 g/mol. The fourth-order valence-corrected chi connectivity index (χ4v) is 4.64. The molecule has 35 heavy (non-hydrogen) atoms. The van der Waals surface area contributed by atoms with Crippen molar-refractivity contribution >= 4 is 30.4 Å². The van der Waals surface area contributed by atoms with Gasteiger partial charge in [-0.2, -0.15) is 5.10 Å². The number of aromatic nitrogens is 3. The monoisotopic (exact) mass is 478 g/mol. The molecule has 1 atom stereocenters. The van der Waals surface area contributed by atoms with Crippen molar-refractivity contribution in [3.8, 4) is 11.1 Å². The van der Waals surface area contributed by atoms with Crippen LogP contribution >= 0.6 is 0 Å². The zero-order valence-electron chi connectivity index (χ0n) is 21.8. The van der Waals surface area contributed by atoms with Gasteiger partial charge in [0.1, 0.15) is 19.2 Å². The Hall–Kier alpha value is -2.81. The molecule has 0 N–H and O–H groups in total. The molecule has 1 saturated carbocycles. The molecule has 2 radical (unpaired) electrons. The lowest BCUT2D eigenvalue weighted by molar-refractivity contribution is 0.0153. The summed E-state index contributed by atoms with van der Waals surface area (Å²) in [6.45, 7) is 12.8. The molecule has 2 heterocycles. The smallest absolute Gasteiger partial charge is 0.411 e. The van der Waals surface area contributed by atoms with Crippen LogP contribution in [0.2, 0.25) is 0 Å². The molecule has 1 amide bonds. The summed E-state index contributed by atoms with van der Waals surface area (Å²) in [6.07, 6.45) is 2.47. The standard InChI is InChI=1S/C26H35BN4O4/c1-15-22(17(3)35-29-15)20-13-18(14-21-23(20)24(27)28-30(21)11-8-12-33-7)16(2)31(19-9-10-19)25(32)34-26(4,5)6/h13-14,16,19H,8-12H2,1-7H3. The van der Waals surface area contributed by atoms with Gasteiger partial charge in [0.15, 0.2) is 0 Å². The zero-order valence-corrected chi connectivity index (χ0v) is 21.8. The summed E-state index contributed by atoms with van der Waals surface area (Å²) in [5.41, 5.74) is 4.39. The van der Waals surface area contributed by atoms with Crippen LogP contribution in [0.15, 0.2) is 16.7 Å². The molecule has 186 valence electrons. The molecule has 8 nitrogen and oxygen atoms in total. The maximum atomic E-state index is 13.2. The van der Waals surface area contributed by atoms with Crippen LogP contribution in [0, 0.1) is 13.8 Å². The number of carbonyl (C=O) groups excluding carboxylic acids is 1. The Bertz CT molecular complexity index is 1200. The number of hydrogen-bond donors (Lipinski definition) is 0. The molecule has 4 rings (SSSR count). The first kappa shape index (κ1) is 25.3. The van der Waals surface area contributed by atoms with Crippen molar-refractivity contribution in [2.24, 2.45) is 0 Å². The highest BCUT2D eigenvalue weighted by molar-refractivity contribution is 6.38. The van der Waals surface area contributed by atoms with Crippen LogP contribution in [0.4, 0.5) is 4.79 Å². The molecule has 1 aromatic carbocycles. The molecular formula is C26H35BN4O4. The average Bonchev–Trinajstić information content (AvgIpc) is 3.47. The van der Waals surface area contributed by atoms with E-state index in [0.717, 1.165) is 52.5 Å². The Morgan fingerprint density at radius 1 is 1.31 bits per heavy atom. The van der Waals surface area contributed by atoms with Gasteiger partial charge in [-0.05, 0) is 84.1 Å². The minimum absolute atomic E-state index is 0.176. The van der Waals surface area contributed by atoms with E-state index in [1.165, 1.54) is 0 Å². The van der Waals surface area contributed by atoms with Crippen LogP contribution in [0.1, 0.15) is 70.0 Å². The molecule has 1 aliphatic rings. The first-order chi connectivity index (χ1) is 16.5. The predicted molar refractivity (Wildman–Crippen MR) is 136 cm³/mol. The van der Waals surface area contributed by atoms with E-state index in [1.807, 2.05) is 44.2 Å². The molecule has 9 heteroatoms. The van der Waals surface area contributed by atoms with Crippen LogP contribution in [0.3, 0.4) is 0 Å². The number of rotatable bonds is 8. The molecule has 0 saturated heterocycles. The lowest BCUT2D eigenvalue weighted by Crippen LogP contribution is -2.39. The second-order valence-electron chi connectivity index (χ2n) is 10.4. The number of methoxy groups -OCH3 is 1. The van der Waals surface area contributed by atoms with Crippen LogP contribution in [0.5, 0.6) is 0 Å². The van der Waals surface area contributed by atoms with E-state index in [9.17, 15) is 4.79 Å². The van der Waals surface area contributed by atoms with Gasteiger partial charge in [0.05, 0.1) is 17.3 Å². The quantitative estimate of drug-likeness (QED) is 0.348. The second-order valence-corrected chi connectivity index (χ2v) is 10.4. The molecule has 1 aliphatic carbocycles.